The number of benzene rings is 3. The third kappa shape index (κ3) is 1.68. The number of hydrogen-bond acceptors (Lipinski definition) is 0. The summed E-state index contributed by atoms with van der Waals surface area (Å²) in [4.78, 5) is 0. The second-order valence-corrected chi connectivity index (χ2v) is 4.90. The van der Waals surface area contributed by atoms with Gasteiger partial charge in [-0.25, -0.2) is 0 Å². The molecule has 0 heterocycles. The van der Waals surface area contributed by atoms with Gasteiger partial charge in [0.05, 0.1) is 0 Å². The number of fused-ring (bicyclic) bond motifs is 2. The van der Waals surface area contributed by atoms with E-state index in [1.807, 2.05) is 0 Å². The van der Waals surface area contributed by atoms with Gasteiger partial charge in [0.2, 0.25) is 0 Å². The third-order valence-electron chi connectivity index (χ3n) is 3.74. The summed E-state index contributed by atoms with van der Waals surface area (Å²) >= 11 is 0. The van der Waals surface area contributed by atoms with Gasteiger partial charge in [-0.2, -0.15) is 0 Å². The Morgan fingerprint density at radius 2 is 1.58 bits per heavy atom. The van der Waals surface area contributed by atoms with Crippen LogP contribution in [-0.2, 0) is 0 Å². The van der Waals surface area contributed by atoms with Crippen LogP contribution in [0.15, 0.2) is 66.7 Å². The van der Waals surface area contributed by atoms with Crippen molar-refractivity contribution in [3.05, 3.63) is 84.3 Å². The van der Waals surface area contributed by atoms with Gasteiger partial charge in [0.1, 0.15) is 0 Å². The van der Waals surface area contributed by atoms with Gasteiger partial charge in [-0.1, -0.05) is 66.7 Å². The summed E-state index contributed by atoms with van der Waals surface area (Å²) in [7, 11) is 0. The highest BCUT2D eigenvalue weighted by atomic mass is 14.1. The number of allylic oxidation sites excluding steroid dienone is 1. The Kier molecular flexibility index (Phi) is 2.28. The maximum absolute atomic E-state index is 2.27. The summed E-state index contributed by atoms with van der Waals surface area (Å²) in [5, 5.41) is 2.59. The van der Waals surface area contributed by atoms with Crippen LogP contribution in [0, 0.1) is 6.42 Å². The van der Waals surface area contributed by atoms with Gasteiger partial charge in [-0.3, -0.25) is 0 Å². The van der Waals surface area contributed by atoms with E-state index in [0.29, 0.717) is 0 Å². The van der Waals surface area contributed by atoms with Crippen LogP contribution in [0.2, 0.25) is 0 Å². The molecule has 0 saturated carbocycles. The molecule has 0 spiro atoms. The first-order chi connectivity index (χ1) is 9.42. The highest BCUT2D eigenvalue weighted by molar-refractivity contribution is 5.90. The Morgan fingerprint density at radius 1 is 0.684 bits per heavy atom. The van der Waals surface area contributed by atoms with Crippen LogP contribution in [0.1, 0.15) is 11.1 Å². The van der Waals surface area contributed by atoms with Crippen LogP contribution in [-0.4, -0.2) is 0 Å². The van der Waals surface area contributed by atoms with E-state index in [4.69, 9.17) is 0 Å². The second kappa shape index (κ2) is 4.10. The van der Waals surface area contributed by atoms with E-state index in [1.165, 1.54) is 33.0 Å². The predicted octanol–water partition coefficient (Wildman–Crippen LogP) is 5.09. The predicted molar refractivity (Wildman–Crippen MR) is 81.8 cm³/mol. The molecule has 1 radical (unpaired) electrons. The molecule has 1 aliphatic rings. The van der Waals surface area contributed by atoms with Gasteiger partial charge in [0.15, 0.2) is 0 Å². The summed E-state index contributed by atoms with van der Waals surface area (Å²) in [5.74, 6) is 0. The van der Waals surface area contributed by atoms with Crippen LogP contribution in [0.25, 0.3) is 28.0 Å². The molecule has 3 aromatic carbocycles. The van der Waals surface area contributed by atoms with Crippen molar-refractivity contribution in [3.8, 4) is 11.1 Å². The lowest BCUT2D eigenvalue weighted by molar-refractivity contribution is 1.53. The fraction of sp³-hybridized carbons (Fsp3) is 0. The van der Waals surface area contributed by atoms with Crippen LogP contribution in [0.4, 0.5) is 0 Å². The Bertz CT molecular complexity index is 794. The molecule has 4 rings (SSSR count). The molecule has 0 heteroatoms. The molecule has 0 aromatic heterocycles. The fourth-order valence-corrected chi connectivity index (χ4v) is 2.77. The minimum absolute atomic E-state index is 1.29. The van der Waals surface area contributed by atoms with Gasteiger partial charge in [0.25, 0.3) is 0 Å². The summed E-state index contributed by atoms with van der Waals surface area (Å²) in [6.07, 6.45) is 6.48. The van der Waals surface area contributed by atoms with Crippen molar-refractivity contribution in [2.24, 2.45) is 0 Å². The van der Waals surface area contributed by atoms with Crippen molar-refractivity contribution in [1.82, 2.24) is 0 Å². The highest BCUT2D eigenvalue weighted by Crippen LogP contribution is 2.33. The standard InChI is InChI=1S/C19H13/c1-2-6-16-13-17(12-11-14(16)5-1)19-10-4-8-15-7-3-9-18(15)19/h1-13H. The Labute approximate surface area is 113 Å². The lowest BCUT2D eigenvalue weighted by atomic mass is 9.95. The van der Waals surface area contributed by atoms with E-state index < -0.39 is 0 Å². The second-order valence-electron chi connectivity index (χ2n) is 4.90. The van der Waals surface area contributed by atoms with E-state index in [-0.39, 0.29) is 0 Å². The average molecular weight is 241 g/mol. The van der Waals surface area contributed by atoms with E-state index in [1.54, 1.807) is 0 Å². The first kappa shape index (κ1) is 10.6. The zero-order valence-corrected chi connectivity index (χ0v) is 10.5. The van der Waals surface area contributed by atoms with Crippen molar-refractivity contribution >= 4 is 16.8 Å². The van der Waals surface area contributed by atoms with Crippen molar-refractivity contribution < 1.29 is 0 Å². The molecular formula is C19H13. The molecule has 19 heavy (non-hydrogen) atoms. The molecule has 0 nitrogen and oxygen atoms in total. The normalized spacial score (nSPS) is 12.8. The first-order valence-electron chi connectivity index (χ1n) is 6.55. The minimum Gasteiger partial charge on any atom is -0.0754 e. The van der Waals surface area contributed by atoms with Gasteiger partial charge in [-0.15, -0.1) is 0 Å². The largest absolute Gasteiger partial charge is 0.0754 e. The van der Waals surface area contributed by atoms with Crippen molar-refractivity contribution in [3.63, 3.8) is 0 Å². The summed E-state index contributed by atoms with van der Waals surface area (Å²) < 4.78 is 0. The molecule has 0 unspecified atom stereocenters. The molecule has 0 amide bonds. The average Bonchev–Trinajstić information content (AvgIpc) is 2.95. The van der Waals surface area contributed by atoms with Gasteiger partial charge >= 0.3 is 0 Å². The molecule has 0 fully saturated rings. The topological polar surface area (TPSA) is 0 Å². The first-order valence-corrected chi connectivity index (χ1v) is 6.55. The third-order valence-corrected chi connectivity index (χ3v) is 3.74. The van der Waals surface area contributed by atoms with E-state index in [2.05, 4.69) is 79.2 Å². The zero-order valence-electron chi connectivity index (χ0n) is 10.5. The highest BCUT2D eigenvalue weighted by Gasteiger charge is 2.11. The lowest BCUT2D eigenvalue weighted by Gasteiger charge is -2.09. The SMILES string of the molecule is [CH]1C=Cc2c1cccc2-c1ccc2ccccc2c1. The van der Waals surface area contributed by atoms with E-state index in [0.717, 1.165) is 0 Å². The lowest BCUT2D eigenvalue weighted by Crippen LogP contribution is -1.86. The van der Waals surface area contributed by atoms with Crippen LogP contribution in [0.5, 0.6) is 0 Å². The van der Waals surface area contributed by atoms with Crippen molar-refractivity contribution in [2.45, 2.75) is 0 Å². The summed E-state index contributed by atoms with van der Waals surface area (Å²) in [6.45, 7) is 0. The smallest absolute Gasteiger partial charge is 0.0131 e. The summed E-state index contributed by atoms with van der Waals surface area (Å²) in [6, 6.07) is 21.7. The summed E-state index contributed by atoms with van der Waals surface area (Å²) in [5.41, 5.74) is 5.24. The van der Waals surface area contributed by atoms with Crippen molar-refractivity contribution in [1.29, 1.82) is 0 Å². The number of rotatable bonds is 1. The van der Waals surface area contributed by atoms with Gasteiger partial charge in [0, 0.05) is 6.42 Å². The minimum atomic E-state index is 1.29. The van der Waals surface area contributed by atoms with Gasteiger partial charge < -0.3 is 0 Å². The van der Waals surface area contributed by atoms with E-state index in [9.17, 15) is 0 Å². The van der Waals surface area contributed by atoms with Crippen LogP contribution < -0.4 is 0 Å². The fourth-order valence-electron chi connectivity index (χ4n) is 2.77. The molecule has 3 aromatic rings. The Hall–Kier alpha value is -2.34. The zero-order chi connectivity index (χ0) is 12.7. The maximum atomic E-state index is 2.27. The van der Waals surface area contributed by atoms with Crippen LogP contribution in [0.3, 0.4) is 0 Å². The maximum Gasteiger partial charge on any atom is 0.0131 e. The molecule has 0 bridgehead atoms. The van der Waals surface area contributed by atoms with Crippen molar-refractivity contribution in [2.75, 3.05) is 0 Å². The molecule has 0 N–H and O–H groups in total. The quantitative estimate of drug-likeness (QED) is 0.557. The Morgan fingerprint density at radius 3 is 2.53 bits per heavy atom. The van der Waals surface area contributed by atoms with Gasteiger partial charge in [-0.05, 0) is 39.1 Å². The number of hydrogen-bond donors (Lipinski definition) is 0. The molecule has 1 aliphatic carbocycles. The molecule has 89 valence electrons. The molecular weight excluding hydrogens is 228 g/mol. The van der Waals surface area contributed by atoms with Crippen LogP contribution >= 0.6 is 0 Å². The molecule has 0 atom stereocenters. The molecule has 0 saturated heterocycles. The Balaban J connectivity index is 1.95. The monoisotopic (exact) mass is 241 g/mol. The molecule has 0 aliphatic heterocycles. The van der Waals surface area contributed by atoms with E-state index >= 15 is 0 Å².